The number of hydrogen-bond acceptors (Lipinski definition) is 3. The van der Waals surface area contributed by atoms with E-state index in [9.17, 15) is 9.90 Å². The lowest BCUT2D eigenvalue weighted by atomic mass is 9.82. The number of amides is 1. The lowest BCUT2D eigenvalue weighted by Gasteiger charge is -2.34. The fourth-order valence-electron chi connectivity index (χ4n) is 2.34. The van der Waals surface area contributed by atoms with Crippen molar-refractivity contribution in [3.63, 3.8) is 0 Å². The first-order valence-electron chi connectivity index (χ1n) is 6.28. The summed E-state index contributed by atoms with van der Waals surface area (Å²) in [6.45, 7) is 0.694. The average molecular weight is 328 g/mol. The maximum absolute atomic E-state index is 12.3. The summed E-state index contributed by atoms with van der Waals surface area (Å²) in [5.74, 6) is 1.12. The Balaban J connectivity index is 2.00. The number of rotatable bonds is 4. The van der Waals surface area contributed by atoms with E-state index in [1.165, 1.54) is 0 Å². The molecular formula is C14H18BrNO3. The van der Waals surface area contributed by atoms with Gasteiger partial charge in [-0.15, -0.1) is 0 Å². The van der Waals surface area contributed by atoms with Gasteiger partial charge in [-0.1, -0.05) is 0 Å². The lowest BCUT2D eigenvalue weighted by molar-refractivity contribution is 0.0265. The number of ether oxygens (including phenoxy) is 1. The number of carbonyl (C=O) groups is 1. The molecule has 5 heteroatoms. The molecule has 1 amide bonds. The topological polar surface area (TPSA) is 49.8 Å². The van der Waals surface area contributed by atoms with Gasteiger partial charge in [0.2, 0.25) is 0 Å². The molecule has 0 bridgehead atoms. The zero-order valence-corrected chi connectivity index (χ0v) is 12.7. The van der Waals surface area contributed by atoms with E-state index in [2.05, 4.69) is 15.9 Å². The summed E-state index contributed by atoms with van der Waals surface area (Å²) in [5, 5.41) is 9.26. The fraction of sp³-hybridized carbons (Fsp3) is 0.500. The molecule has 1 N–H and O–H groups in total. The summed E-state index contributed by atoms with van der Waals surface area (Å²) in [7, 11) is 3.39. The van der Waals surface area contributed by atoms with Gasteiger partial charge in [0, 0.05) is 19.2 Å². The van der Waals surface area contributed by atoms with Gasteiger partial charge in [0.15, 0.2) is 0 Å². The third-order valence-electron chi connectivity index (χ3n) is 3.49. The Morgan fingerprint density at radius 1 is 1.53 bits per heavy atom. The largest absolute Gasteiger partial charge is 0.496 e. The fourth-order valence-corrected chi connectivity index (χ4v) is 2.88. The molecule has 4 nitrogen and oxygen atoms in total. The Kier molecular flexibility index (Phi) is 4.47. The molecular weight excluding hydrogens is 310 g/mol. The number of benzene rings is 1. The van der Waals surface area contributed by atoms with Gasteiger partial charge < -0.3 is 14.7 Å². The first-order chi connectivity index (χ1) is 9.01. The van der Waals surface area contributed by atoms with Crippen LogP contribution in [0, 0.1) is 5.92 Å². The van der Waals surface area contributed by atoms with Crippen LogP contribution in [-0.4, -0.2) is 42.7 Å². The molecule has 0 spiro atoms. The van der Waals surface area contributed by atoms with Gasteiger partial charge in [-0.25, -0.2) is 0 Å². The normalized spacial score (nSPS) is 21.7. The standard InChI is InChI=1S/C14H18BrNO3/c1-16(8-9-5-11(17)6-9)14(18)10-3-4-13(19-2)12(15)7-10/h3-4,7,9,11,17H,5-6,8H2,1-2H3. The number of hydrogen-bond donors (Lipinski definition) is 1. The van der Waals surface area contributed by atoms with E-state index in [0.717, 1.165) is 17.3 Å². The van der Waals surface area contributed by atoms with Crippen LogP contribution >= 0.6 is 15.9 Å². The summed E-state index contributed by atoms with van der Waals surface area (Å²) in [5.41, 5.74) is 0.634. The monoisotopic (exact) mass is 327 g/mol. The molecule has 1 aliphatic rings. The summed E-state index contributed by atoms with van der Waals surface area (Å²) in [4.78, 5) is 14.0. The van der Waals surface area contributed by atoms with E-state index >= 15 is 0 Å². The van der Waals surface area contributed by atoms with Crippen molar-refractivity contribution in [1.29, 1.82) is 0 Å². The van der Waals surface area contributed by atoms with Crippen molar-refractivity contribution in [3.05, 3.63) is 28.2 Å². The molecule has 1 aliphatic carbocycles. The number of halogens is 1. The van der Waals surface area contributed by atoms with Crippen LogP contribution in [0.15, 0.2) is 22.7 Å². The number of methoxy groups -OCH3 is 1. The number of aliphatic hydroxyl groups excluding tert-OH is 1. The second-order valence-electron chi connectivity index (χ2n) is 5.03. The molecule has 0 unspecified atom stereocenters. The highest BCUT2D eigenvalue weighted by molar-refractivity contribution is 9.10. The van der Waals surface area contributed by atoms with Crippen LogP contribution in [0.4, 0.5) is 0 Å². The Morgan fingerprint density at radius 2 is 2.21 bits per heavy atom. The molecule has 1 aromatic carbocycles. The summed E-state index contributed by atoms with van der Waals surface area (Å²) >= 11 is 3.38. The number of aliphatic hydroxyl groups is 1. The first-order valence-corrected chi connectivity index (χ1v) is 7.07. The molecule has 0 aliphatic heterocycles. The lowest BCUT2D eigenvalue weighted by Crippen LogP contribution is -2.39. The molecule has 0 aromatic heterocycles. The Bertz CT molecular complexity index is 472. The van der Waals surface area contributed by atoms with Crippen molar-refractivity contribution in [3.8, 4) is 5.75 Å². The molecule has 0 saturated heterocycles. The predicted octanol–water partition coefficient (Wildman–Crippen LogP) is 2.30. The minimum absolute atomic E-state index is 0.00950. The second kappa shape index (κ2) is 5.92. The molecule has 1 saturated carbocycles. The summed E-state index contributed by atoms with van der Waals surface area (Å²) < 4.78 is 5.92. The van der Waals surface area contributed by atoms with E-state index in [-0.39, 0.29) is 12.0 Å². The minimum atomic E-state index is -0.177. The van der Waals surface area contributed by atoms with Crippen molar-refractivity contribution < 1.29 is 14.6 Å². The van der Waals surface area contributed by atoms with Gasteiger partial charge in [0.25, 0.3) is 5.91 Å². The highest BCUT2D eigenvalue weighted by Gasteiger charge is 2.29. The summed E-state index contributed by atoms with van der Waals surface area (Å²) in [6, 6.07) is 5.31. The van der Waals surface area contributed by atoms with E-state index in [1.54, 1.807) is 37.3 Å². The molecule has 19 heavy (non-hydrogen) atoms. The zero-order valence-electron chi connectivity index (χ0n) is 11.1. The highest BCUT2D eigenvalue weighted by Crippen LogP contribution is 2.29. The van der Waals surface area contributed by atoms with E-state index < -0.39 is 0 Å². The second-order valence-corrected chi connectivity index (χ2v) is 5.88. The van der Waals surface area contributed by atoms with Crippen LogP contribution in [0.2, 0.25) is 0 Å². The maximum Gasteiger partial charge on any atom is 0.253 e. The van der Waals surface area contributed by atoms with E-state index in [0.29, 0.717) is 23.8 Å². The summed E-state index contributed by atoms with van der Waals surface area (Å²) in [6.07, 6.45) is 1.41. The smallest absolute Gasteiger partial charge is 0.253 e. The maximum atomic E-state index is 12.3. The van der Waals surface area contributed by atoms with Crippen LogP contribution in [0.25, 0.3) is 0 Å². The molecule has 0 heterocycles. The molecule has 1 aromatic rings. The predicted molar refractivity (Wildman–Crippen MR) is 76.4 cm³/mol. The molecule has 0 atom stereocenters. The Hall–Kier alpha value is -1.07. The van der Waals surface area contributed by atoms with Gasteiger partial charge in [-0.05, 0) is 52.9 Å². The Morgan fingerprint density at radius 3 is 2.74 bits per heavy atom. The van der Waals surface area contributed by atoms with Crippen LogP contribution < -0.4 is 4.74 Å². The van der Waals surface area contributed by atoms with Crippen molar-refractivity contribution in [1.82, 2.24) is 4.90 Å². The number of nitrogens with zero attached hydrogens (tertiary/aromatic N) is 1. The quantitative estimate of drug-likeness (QED) is 0.923. The van der Waals surface area contributed by atoms with Gasteiger partial charge in [0.1, 0.15) is 5.75 Å². The molecule has 104 valence electrons. The van der Waals surface area contributed by atoms with E-state index in [4.69, 9.17) is 4.74 Å². The van der Waals surface area contributed by atoms with Crippen LogP contribution in [0.5, 0.6) is 5.75 Å². The molecule has 1 fully saturated rings. The zero-order chi connectivity index (χ0) is 14.0. The average Bonchev–Trinajstić information content (AvgIpc) is 2.35. The third-order valence-corrected chi connectivity index (χ3v) is 4.11. The van der Waals surface area contributed by atoms with Crippen molar-refractivity contribution >= 4 is 21.8 Å². The van der Waals surface area contributed by atoms with Crippen LogP contribution in [0.1, 0.15) is 23.2 Å². The van der Waals surface area contributed by atoms with E-state index in [1.807, 2.05) is 0 Å². The van der Waals surface area contributed by atoms with Gasteiger partial charge in [-0.2, -0.15) is 0 Å². The van der Waals surface area contributed by atoms with Gasteiger partial charge in [0.05, 0.1) is 17.7 Å². The minimum Gasteiger partial charge on any atom is -0.496 e. The van der Waals surface area contributed by atoms with Crippen LogP contribution in [-0.2, 0) is 0 Å². The Labute approximate surface area is 121 Å². The highest BCUT2D eigenvalue weighted by atomic mass is 79.9. The first kappa shape index (κ1) is 14.3. The molecule has 2 rings (SSSR count). The molecule has 0 radical (unpaired) electrons. The van der Waals surface area contributed by atoms with Crippen molar-refractivity contribution in [2.75, 3.05) is 20.7 Å². The number of carbonyl (C=O) groups excluding carboxylic acids is 1. The SMILES string of the molecule is COc1ccc(C(=O)N(C)CC2CC(O)C2)cc1Br. The third kappa shape index (κ3) is 3.28. The van der Waals surface area contributed by atoms with Crippen LogP contribution in [0.3, 0.4) is 0 Å². The van der Waals surface area contributed by atoms with Gasteiger partial charge in [-0.3, -0.25) is 4.79 Å². The van der Waals surface area contributed by atoms with Gasteiger partial charge >= 0.3 is 0 Å². The van der Waals surface area contributed by atoms with Crippen molar-refractivity contribution in [2.45, 2.75) is 18.9 Å². The van der Waals surface area contributed by atoms with Crippen molar-refractivity contribution in [2.24, 2.45) is 5.92 Å².